The van der Waals surface area contributed by atoms with Crippen molar-refractivity contribution in [3.05, 3.63) is 21.1 Å². The molecule has 2 aromatic rings. The molecule has 0 atom stereocenters. The molecule has 0 bridgehead atoms. The third kappa shape index (κ3) is 1.22. The highest BCUT2D eigenvalue weighted by Gasteiger charge is 2.13. The van der Waals surface area contributed by atoms with Crippen LogP contribution in [-0.4, -0.2) is 20.4 Å². The van der Waals surface area contributed by atoms with E-state index in [0.29, 0.717) is 15.9 Å². The van der Waals surface area contributed by atoms with Crippen LogP contribution in [-0.2, 0) is 0 Å². The van der Waals surface area contributed by atoms with Crippen LogP contribution in [0.5, 0.6) is 0 Å². The van der Waals surface area contributed by atoms with Crippen LogP contribution in [0.3, 0.4) is 0 Å². The van der Waals surface area contributed by atoms with E-state index in [1.165, 1.54) is 6.07 Å². The van der Waals surface area contributed by atoms with Crippen LogP contribution < -0.4 is 0 Å². The maximum atomic E-state index is 9.13. The number of rotatable bonds is 0. The SMILES string of the molecule is On1nnc2c(Cl)c(Cl)c(Cl)cc21. The summed E-state index contributed by atoms with van der Waals surface area (Å²) < 4.78 is 0. The van der Waals surface area contributed by atoms with Gasteiger partial charge in [0.2, 0.25) is 0 Å². The fourth-order valence-corrected chi connectivity index (χ4v) is 1.58. The molecule has 0 spiro atoms. The largest absolute Gasteiger partial charge is 0.410 e. The lowest BCUT2D eigenvalue weighted by atomic mass is 10.3. The highest BCUT2D eigenvalue weighted by Crippen LogP contribution is 2.35. The van der Waals surface area contributed by atoms with Crippen LogP contribution in [0.15, 0.2) is 6.07 Å². The zero-order chi connectivity index (χ0) is 9.59. The van der Waals surface area contributed by atoms with Crippen molar-refractivity contribution in [2.75, 3.05) is 0 Å². The Morgan fingerprint density at radius 3 is 2.62 bits per heavy atom. The van der Waals surface area contributed by atoms with Crippen molar-refractivity contribution < 1.29 is 5.21 Å². The number of hydrogen-bond donors (Lipinski definition) is 1. The van der Waals surface area contributed by atoms with Crippen LogP contribution in [0.1, 0.15) is 0 Å². The summed E-state index contributed by atoms with van der Waals surface area (Å²) in [6.07, 6.45) is 0. The monoisotopic (exact) mass is 237 g/mol. The van der Waals surface area contributed by atoms with Crippen molar-refractivity contribution in [3.8, 4) is 0 Å². The Kier molecular flexibility index (Phi) is 1.98. The molecule has 2 rings (SSSR count). The van der Waals surface area contributed by atoms with Crippen molar-refractivity contribution in [2.24, 2.45) is 0 Å². The Bertz CT molecular complexity index is 481. The normalized spacial score (nSPS) is 11.0. The van der Waals surface area contributed by atoms with Crippen LogP contribution in [0.4, 0.5) is 0 Å². The molecule has 68 valence electrons. The van der Waals surface area contributed by atoms with E-state index in [-0.39, 0.29) is 15.1 Å². The Balaban J connectivity index is 2.96. The van der Waals surface area contributed by atoms with Crippen molar-refractivity contribution in [2.45, 2.75) is 0 Å². The quantitative estimate of drug-likeness (QED) is 0.567. The minimum atomic E-state index is 0.185. The zero-order valence-electron chi connectivity index (χ0n) is 6.00. The number of hydrogen-bond acceptors (Lipinski definition) is 3. The first-order valence-electron chi connectivity index (χ1n) is 3.19. The number of benzene rings is 1. The molecule has 0 aliphatic rings. The van der Waals surface area contributed by atoms with Gasteiger partial charge in [-0.2, -0.15) is 0 Å². The molecule has 0 saturated carbocycles. The zero-order valence-corrected chi connectivity index (χ0v) is 8.27. The summed E-state index contributed by atoms with van der Waals surface area (Å²) in [5, 5.41) is 16.7. The molecular formula is C6H2Cl3N3O. The predicted molar refractivity (Wildman–Crippen MR) is 49.7 cm³/mol. The van der Waals surface area contributed by atoms with Gasteiger partial charge in [-0.1, -0.05) is 39.6 Å². The third-order valence-corrected chi connectivity index (χ3v) is 2.81. The van der Waals surface area contributed by atoms with Gasteiger partial charge >= 0.3 is 0 Å². The van der Waals surface area contributed by atoms with Gasteiger partial charge in [0.25, 0.3) is 0 Å². The van der Waals surface area contributed by atoms with E-state index in [1.54, 1.807) is 0 Å². The van der Waals surface area contributed by atoms with Crippen molar-refractivity contribution >= 4 is 45.8 Å². The minimum absolute atomic E-state index is 0.185. The Morgan fingerprint density at radius 2 is 1.92 bits per heavy atom. The summed E-state index contributed by atoms with van der Waals surface area (Å²) in [6.45, 7) is 0. The molecule has 1 N–H and O–H groups in total. The summed E-state index contributed by atoms with van der Waals surface area (Å²) in [4.78, 5) is 0.587. The molecular weight excluding hydrogens is 236 g/mol. The van der Waals surface area contributed by atoms with Gasteiger partial charge < -0.3 is 5.21 Å². The molecule has 0 amide bonds. The van der Waals surface area contributed by atoms with E-state index in [9.17, 15) is 0 Å². The van der Waals surface area contributed by atoms with Gasteiger partial charge in [-0.05, 0) is 11.3 Å². The number of nitrogens with zero attached hydrogens (tertiary/aromatic N) is 3. The number of fused-ring (bicyclic) bond motifs is 1. The predicted octanol–water partition coefficient (Wildman–Crippen LogP) is 2.63. The van der Waals surface area contributed by atoms with Crippen molar-refractivity contribution in [3.63, 3.8) is 0 Å². The van der Waals surface area contributed by atoms with Crippen molar-refractivity contribution in [1.82, 2.24) is 15.2 Å². The Morgan fingerprint density at radius 1 is 1.23 bits per heavy atom. The highest BCUT2D eigenvalue weighted by molar-refractivity contribution is 6.50. The molecule has 1 heterocycles. The van der Waals surface area contributed by atoms with E-state index < -0.39 is 0 Å². The van der Waals surface area contributed by atoms with Gasteiger partial charge in [-0.3, -0.25) is 0 Å². The molecule has 1 aromatic heterocycles. The van der Waals surface area contributed by atoms with Gasteiger partial charge in [0.1, 0.15) is 11.0 Å². The summed E-state index contributed by atoms with van der Waals surface area (Å²) in [5.74, 6) is 0. The fourth-order valence-electron chi connectivity index (χ4n) is 0.956. The second kappa shape index (κ2) is 2.90. The molecule has 0 saturated heterocycles. The van der Waals surface area contributed by atoms with E-state index in [0.717, 1.165) is 0 Å². The smallest absolute Gasteiger partial charge is 0.137 e. The van der Waals surface area contributed by atoms with Gasteiger partial charge in [-0.25, -0.2) is 0 Å². The average molecular weight is 238 g/mol. The molecule has 0 unspecified atom stereocenters. The van der Waals surface area contributed by atoms with E-state index >= 15 is 0 Å². The van der Waals surface area contributed by atoms with Crippen LogP contribution in [0, 0.1) is 0 Å². The first-order valence-corrected chi connectivity index (χ1v) is 4.33. The van der Waals surface area contributed by atoms with Gasteiger partial charge in [0, 0.05) is 0 Å². The van der Waals surface area contributed by atoms with Crippen LogP contribution in [0.25, 0.3) is 11.0 Å². The molecule has 13 heavy (non-hydrogen) atoms. The maximum Gasteiger partial charge on any atom is 0.137 e. The number of halogens is 3. The molecule has 0 aliphatic heterocycles. The molecule has 4 nitrogen and oxygen atoms in total. The average Bonchev–Trinajstić information content (AvgIpc) is 2.45. The third-order valence-electron chi connectivity index (χ3n) is 1.56. The molecule has 0 fully saturated rings. The van der Waals surface area contributed by atoms with Gasteiger partial charge in [-0.15, -0.1) is 5.10 Å². The number of aromatic nitrogens is 3. The van der Waals surface area contributed by atoms with E-state index in [4.69, 9.17) is 40.0 Å². The Hall–Kier alpha value is -0.710. The summed E-state index contributed by atoms with van der Waals surface area (Å²) >= 11 is 17.3. The lowest BCUT2D eigenvalue weighted by Crippen LogP contribution is -1.91. The topological polar surface area (TPSA) is 50.9 Å². The summed E-state index contributed by atoms with van der Waals surface area (Å²) in [5.41, 5.74) is 0.637. The summed E-state index contributed by atoms with van der Waals surface area (Å²) in [7, 11) is 0. The lowest BCUT2D eigenvalue weighted by Gasteiger charge is -1.98. The van der Waals surface area contributed by atoms with Gasteiger partial charge in [0.15, 0.2) is 0 Å². The van der Waals surface area contributed by atoms with Crippen molar-refractivity contribution in [1.29, 1.82) is 0 Å². The first kappa shape index (κ1) is 8.87. The Labute approximate surface area is 87.6 Å². The second-order valence-corrected chi connectivity index (χ2v) is 3.50. The molecule has 0 aliphatic carbocycles. The molecule has 7 heteroatoms. The standard InChI is InChI=1S/C6H2Cl3N3O/c7-2-1-3-6(5(9)4(2)8)10-11-12(3)13/h1,13H. The summed E-state index contributed by atoms with van der Waals surface area (Å²) in [6, 6.07) is 1.44. The fraction of sp³-hybridized carbons (Fsp3) is 0. The second-order valence-electron chi connectivity index (χ2n) is 2.33. The van der Waals surface area contributed by atoms with Crippen LogP contribution >= 0.6 is 34.8 Å². The van der Waals surface area contributed by atoms with E-state index in [1.807, 2.05) is 0 Å². The molecule has 1 aromatic carbocycles. The lowest BCUT2D eigenvalue weighted by molar-refractivity contribution is 0.155. The molecule has 0 radical (unpaired) electrons. The highest BCUT2D eigenvalue weighted by atomic mass is 35.5. The first-order chi connectivity index (χ1) is 6.11. The van der Waals surface area contributed by atoms with Gasteiger partial charge in [0.05, 0.1) is 15.1 Å². The minimum Gasteiger partial charge on any atom is -0.410 e. The van der Waals surface area contributed by atoms with Crippen LogP contribution in [0.2, 0.25) is 15.1 Å². The van der Waals surface area contributed by atoms with E-state index in [2.05, 4.69) is 10.3 Å². The maximum absolute atomic E-state index is 9.13.